The van der Waals surface area contributed by atoms with Crippen LogP contribution in [0.4, 0.5) is 0 Å². The van der Waals surface area contributed by atoms with Gasteiger partial charge in [-0.3, -0.25) is 4.79 Å². The van der Waals surface area contributed by atoms with Crippen LogP contribution in [0.1, 0.15) is 21.5 Å². The highest BCUT2D eigenvalue weighted by Crippen LogP contribution is 2.27. The summed E-state index contributed by atoms with van der Waals surface area (Å²) in [5, 5.41) is 3.49. The van der Waals surface area contributed by atoms with E-state index in [1.165, 1.54) is 7.11 Å². The Labute approximate surface area is 140 Å². The molecule has 1 atom stereocenters. The van der Waals surface area contributed by atoms with Crippen molar-refractivity contribution in [2.75, 3.05) is 13.7 Å². The van der Waals surface area contributed by atoms with Crippen molar-refractivity contribution < 1.29 is 14.3 Å². The number of amides is 1. The lowest BCUT2D eigenvalue weighted by Crippen LogP contribution is -2.42. The fraction of sp³-hybridized carbons (Fsp3) is 0.278. The molecular weight excluding hydrogens is 314 g/mol. The van der Waals surface area contributed by atoms with Crippen LogP contribution in [0.5, 0.6) is 11.5 Å². The summed E-state index contributed by atoms with van der Waals surface area (Å²) in [7, 11) is 1.53. The number of carbonyl (C=O) groups is 1. The van der Waals surface area contributed by atoms with Crippen LogP contribution in [0, 0.1) is 6.92 Å². The maximum absolute atomic E-state index is 12.5. The summed E-state index contributed by atoms with van der Waals surface area (Å²) in [5.74, 6) is 1.18. The molecule has 1 N–H and O–H groups in total. The molecule has 23 heavy (non-hydrogen) atoms. The molecule has 0 saturated carbocycles. The van der Waals surface area contributed by atoms with Crippen LogP contribution in [0.15, 0.2) is 36.4 Å². The van der Waals surface area contributed by atoms with Crippen molar-refractivity contribution in [3.63, 3.8) is 0 Å². The highest BCUT2D eigenvalue weighted by molar-refractivity contribution is 6.31. The predicted octanol–water partition coefficient (Wildman–Crippen LogP) is 3.39. The lowest BCUT2D eigenvalue weighted by Gasteiger charge is -2.26. The van der Waals surface area contributed by atoms with Crippen LogP contribution >= 0.6 is 11.6 Å². The quantitative estimate of drug-likeness (QED) is 0.937. The Morgan fingerprint density at radius 2 is 2.13 bits per heavy atom. The van der Waals surface area contributed by atoms with E-state index < -0.39 is 0 Å². The smallest absolute Gasteiger partial charge is 0.255 e. The van der Waals surface area contributed by atoms with Gasteiger partial charge in [0.05, 0.1) is 18.7 Å². The molecule has 1 heterocycles. The third-order valence-corrected chi connectivity index (χ3v) is 4.11. The van der Waals surface area contributed by atoms with E-state index in [1.54, 1.807) is 18.2 Å². The van der Waals surface area contributed by atoms with Crippen LogP contribution in [0.3, 0.4) is 0 Å². The predicted molar refractivity (Wildman–Crippen MR) is 89.6 cm³/mol. The Kier molecular flexibility index (Phi) is 4.44. The van der Waals surface area contributed by atoms with Gasteiger partial charge in [-0.25, -0.2) is 0 Å². The number of hydrogen-bond donors (Lipinski definition) is 1. The molecule has 2 aromatic rings. The van der Waals surface area contributed by atoms with Crippen molar-refractivity contribution in [2.24, 2.45) is 0 Å². The van der Waals surface area contributed by atoms with Gasteiger partial charge in [0.25, 0.3) is 5.91 Å². The number of rotatable bonds is 3. The molecule has 0 bridgehead atoms. The molecule has 1 amide bonds. The van der Waals surface area contributed by atoms with E-state index in [2.05, 4.69) is 5.32 Å². The first-order chi connectivity index (χ1) is 11.1. The largest absolute Gasteiger partial charge is 0.496 e. The van der Waals surface area contributed by atoms with Crippen molar-refractivity contribution in [1.29, 1.82) is 0 Å². The number of benzene rings is 2. The number of aryl methyl sites for hydroxylation is 1. The van der Waals surface area contributed by atoms with Crippen molar-refractivity contribution in [3.05, 3.63) is 58.1 Å². The fourth-order valence-electron chi connectivity index (χ4n) is 2.69. The Balaban J connectivity index is 1.74. The molecule has 1 aliphatic rings. The molecule has 0 saturated heterocycles. The van der Waals surface area contributed by atoms with Gasteiger partial charge < -0.3 is 14.8 Å². The van der Waals surface area contributed by atoms with E-state index in [4.69, 9.17) is 21.1 Å². The monoisotopic (exact) mass is 331 g/mol. The SMILES string of the molecule is COc1ccc(Cl)cc1C(=O)NC1COc2cc(C)ccc2C1. The zero-order chi connectivity index (χ0) is 16.4. The van der Waals surface area contributed by atoms with Gasteiger partial charge in [-0.1, -0.05) is 23.7 Å². The molecule has 0 radical (unpaired) electrons. The summed E-state index contributed by atoms with van der Waals surface area (Å²) < 4.78 is 11.0. The summed E-state index contributed by atoms with van der Waals surface area (Å²) in [6.07, 6.45) is 0.740. The molecule has 1 aliphatic heterocycles. The standard InChI is InChI=1S/C18H18ClNO3/c1-11-3-4-12-8-14(10-23-17(12)7-11)20-18(21)15-9-13(19)5-6-16(15)22-2/h3-7,9,14H,8,10H2,1-2H3,(H,20,21). The number of hydrogen-bond acceptors (Lipinski definition) is 3. The lowest BCUT2D eigenvalue weighted by molar-refractivity contribution is 0.0912. The normalized spacial score (nSPS) is 16.2. The maximum Gasteiger partial charge on any atom is 0.255 e. The van der Waals surface area contributed by atoms with Crippen molar-refractivity contribution >= 4 is 17.5 Å². The topological polar surface area (TPSA) is 47.6 Å². The van der Waals surface area contributed by atoms with Gasteiger partial charge in [0.1, 0.15) is 18.1 Å². The first-order valence-corrected chi connectivity index (χ1v) is 7.81. The van der Waals surface area contributed by atoms with E-state index in [0.29, 0.717) is 22.9 Å². The minimum Gasteiger partial charge on any atom is -0.496 e. The molecule has 0 aromatic heterocycles. The Morgan fingerprint density at radius 3 is 2.91 bits per heavy atom. The van der Waals surface area contributed by atoms with E-state index in [9.17, 15) is 4.79 Å². The zero-order valence-electron chi connectivity index (χ0n) is 13.1. The molecule has 1 unspecified atom stereocenters. The van der Waals surface area contributed by atoms with Crippen LogP contribution in [0.25, 0.3) is 0 Å². The summed E-state index contributed by atoms with van der Waals surface area (Å²) in [4.78, 5) is 12.5. The van der Waals surface area contributed by atoms with Gasteiger partial charge in [-0.2, -0.15) is 0 Å². The lowest BCUT2D eigenvalue weighted by atomic mass is 10.0. The highest BCUT2D eigenvalue weighted by atomic mass is 35.5. The van der Waals surface area contributed by atoms with Crippen molar-refractivity contribution in [1.82, 2.24) is 5.32 Å². The Bertz CT molecular complexity index is 745. The second-order valence-corrected chi connectivity index (χ2v) is 6.08. The molecule has 120 valence electrons. The number of ether oxygens (including phenoxy) is 2. The number of halogens is 1. The van der Waals surface area contributed by atoms with Crippen LogP contribution in [-0.4, -0.2) is 25.7 Å². The van der Waals surface area contributed by atoms with E-state index in [-0.39, 0.29) is 11.9 Å². The number of nitrogens with one attached hydrogen (secondary N) is 1. The second kappa shape index (κ2) is 6.50. The van der Waals surface area contributed by atoms with Gasteiger partial charge >= 0.3 is 0 Å². The van der Waals surface area contributed by atoms with Gasteiger partial charge in [0.15, 0.2) is 0 Å². The van der Waals surface area contributed by atoms with E-state index in [1.807, 2.05) is 25.1 Å². The molecule has 3 rings (SSSR count). The molecule has 4 nitrogen and oxygen atoms in total. The van der Waals surface area contributed by atoms with Gasteiger partial charge in [-0.05, 0) is 48.7 Å². The van der Waals surface area contributed by atoms with Gasteiger partial charge in [0, 0.05) is 5.02 Å². The third kappa shape index (κ3) is 3.42. The Morgan fingerprint density at radius 1 is 1.30 bits per heavy atom. The average Bonchev–Trinajstić information content (AvgIpc) is 2.55. The molecule has 5 heteroatoms. The van der Waals surface area contributed by atoms with Crippen molar-refractivity contribution in [2.45, 2.75) is 19.4 Å². The first kappa shape index (κ1) is 15.7. The fourth-order valence-corrected chi connectivity index (χ4v) is 2.87. The number of carbonyl (C=O) groups excluding carboxylic acids is 1. The minimum absolute atomic E-state index is 0.0820. The first-order valence-electron chi connectivity index (χ1n) is 7.43. The van der Waals surface area contributed by atoms with Gasteiger partial charge in [-0.15, -0.1) is 0 Å². The molecule has 0 spiro atoms. The number of fused-ring (bicyclic) bond motifs is 1. The van der Waals surface area contributed by atoms with Gasteiger partial charge in [0.2, 0.25) is 0 Å². The van der Waals surface area contributed by atoms with E-state index in [0.717, 1.165) is 23.3 Å². The van der Waals surface area contributed by atoms with Crippen LogP contribution in [-0.2, 0) is 6.42 Å². The zero-order valence-corrected chi connectivity index (χ0v) is 13.8. The summed E-state index contributed by atoms with van der Waals surface area (Å²) in [6, 6.07) is 11.0. The second-order valence-electron chi connectivity index (χ2n) is 5.64. The van der Waals surface area contributed by atoms with E-state index >= 15 is 0 Å². The summed E-state index contributed by atoms with van der Waals surface area (Å²) >= 11 is 5.98. The van der Waals surface area contributed by atoms with Crippen molar-refractivity contribution in [3.8, 4) is 11.5 Å². The molecule has 0 fully saturated rings. The third-order valence-electron chi connectivity index (χ3n) is 3.87. The minimum atomic E-state index is -0.214. The maximum atomic E-state index is 12.5. The molecule has 0 aliphatic carbocycles. The summed E-state index contributed by atoms with van der Waals surface area (Å²) in [5.41, 5.74) is 2.69. The molecular formula is C18H18ClNO3. The van der Waals surface area contributed by atoms with Crippen LogP contribution in [0.2, 0.25) is 5.02 Å². The molecule has 2 aromatic carbocycles. The Hall–Kier alpha value is -2.20. The number of methoxy groups -OCH3 is 1. The van der Waals surface area contributed by atoms with Crippen LogP contribution < -0.4 is 14.8 Å². The summed E-state index contributed by atoms with van der Waals surface area (Å²) in [6.45, 7) is 2.48. The highest BCUT2D eigenvalue weighted by Gasteiger charge is 2.23. The average molecular weight is 332 g/mol.